The summed E-state index contributed by atoms with van der Waals surface area (Å²) < 4.78 is 0. The number of hydrogen-bond donors (Lipinski definition) is 0. The smallest absolute Gasteiger partial charge is 0.136 e. The summed E-state index contributed by atoms with van der Waals surface area (Å²) in [4.78, 5) is 11.4. The molecule has 0 saturated heterocycles. The first-order valence-electron chi connectivity index (χ1n) is 5.94. The van der Waals surface area contributed by atoms with Crippen molar-refractivity contribution in [2.24, 2.45) is 0 Å². The van der Waals surface area contributed by atoms with Crippen molar-refractivity contribution in [3.63, 3.8) is 0 Å². The Bertz CT molecular complexity index is 388. The van der Waals surface area contributed by atoms with Crippen molar-refractivity contribution in [3.05, 3.63) is 41.0 Å². The van der Waals surface area contributed by atoms with Crippen LogP contribution in [0.4, 0.5) is 0 Å². The van der Waals surface area contributed by atoms with Crippen molar-refractivity contribution in [1.29, 1.82) is 0 Å². The first kappa shape index (κ1) is 12.7. The van der Waals surface area contributed by atoms with Gasteiger partial charge in [-0.15, -0.1) is 0 Å². The Labute approximate surface area is 98.2 Å². The number of ketones is 1. The third-order valence-corrected chi connectivity index (χ3v) is 2.82. The van der Waals surface area contributed by atoms with E-state index in [1.807, 2.05) is 19.1 Å². The Morgan fingerprint density at radius 1 is 1.19 bits per heavy atom. The Hall–Kier alpha value is -1.37. The summed E-state index contributed by atoms with van der Waals surface area (Å²) >= 11 is 0. The van der Waals surface area contributed by atoms with Crippen LogP contribution in [0.5, 0.6) is 0 Å². The topological polar surface area (TPSA) is 17.1 Å². The number of aryl methyl sites for hydroxylation is 1. The van der Waals surface area contributed by atoms with Gasteiger partial charge in [0, 0.05) is 12.8 Å². The molecule has 0 amide bonds. The van der Waals surface area contributed by atoms with Crippen LogP contribution in [0, 0.1) is 6.92 Å². The molecule has 1 aromatic rings. The summed E-state index contributed by atoms with van der Waals surface area (Å²) in [5, 5.41) is 0. The molecule has 0 N–H and O–H groups in total. The van der Waals surface area contributed by atoms with Gasteiger partial charge in [0.05, 0.1) is 0 Å². The van der Waals surface area contributed by atoms with Gasteiger partial charge in [0.25, 0.3) is 0 Å². The fourth-order valence-electron chi connectivity index (χ4n) is 1.62. The molecule has 0 aliphatic heterocycles. The van der Waals surface area contributed by atoms with Crippen LogP contribution in [-0.2, 0) is 4.79 Å². The second-order valence-electron chi connectivity index (χ2n) is 4.08. The largest absolute Gasteiger partial charge is 0.299 e. The van der Waals surface area contributed by atoms with Crippen LogP contribution in [0.15, 0.2) is 29.8 Å². The molecule has 0 bridgehead atoms. The third kappa shape index (κ3) is 3.65. The molecule has 0 aliphatic rings. The molecule has 0 radical (unpaired) electrons. The molecule has 86 valence electrons. The number of hydrogen-bond acceptors (Lipinski definition) is 1. The fraction of sp³-hybridized carbons (Fsp3) is 0.400. The van der Waals surface area contributed by atoms with Crippen LogP contribution >= 0.6 is 0 Å². The number of rotatable bonds is 5. The maximum Gasteiger partial charge on any atom is 0.136 e. The minimum atomic E-state index is 0.321. The molecule has 16 heavy (non-hydrogen) atoms. The highest BCUT2D eigenvalue weighted by Crippen LogP contribution is 2.16. The van der Waals surface area contributed by atoms with Crippen LogP contribution in [0.3, 0.4) is 0 Å². The average molecular weight is 216 g/mol. The van der Waals surface area contributed by atoms with E-state index in [9.17, 15) is 4.79 Å². The Morgan fingerprint density at radius 3 is 2.44 bits per heavy atom. The predicted octanol–water partition coefficient (Wildman–Crippen LogP) is 4.16. The Balaban J connectivity index is 2.87. The monoisotopic (exact) mass is 216 g/mol. The van der Waals surface area contributed by atoms with Crippen molar-refractivity contribution in [2.75, 3.05) is 0 Å². The highest BCUT2D eigenvalue weighted by molar-refractivity contribution is 5.81. The van der Waals surface area contributed by atoms with E-state index in [0.717, 1.165) is 6.42 Å². The fourth-order valence-corrected chi connectivity index (χ4v) is 1.62. The molecule has 0 aromatic heterocycles. The normalized spacial score (nSPS) is 11.6. The lowest BCUT2D eigenvalue weighted by Crippen LogP contribution is -1.97. The first-order valence-corrected chi connectivity index (χ1v) is 5.94. The molecule has 1 nitrogen and oxygen atoms in total. The molecule has 0 heterocycles. The van der Waals surface area contributed by atoms with Gasteiger partial charge in [-0.2, -0.15) is 0 Å². The minimum absolute atomic E-state index is 0.321. The maximum absolute atomic E-state index is 11.4. The van der Waals surface area contributed by atoms with Gasteiger partial charge in [-0.1, -0.05) is 49.8 Å². The van der Waals surface area contributed by atoms with Gasteiger partial charge >= 0.3 is 0 Å². The maximum atomic E-state index is 11.4. The summed E-state index contributed by atoms with van der Waals surface area (Å²) in [6.07, 6.45) is 4.33. The lowest BCUT2D eigenvalue weighted by molar-refractivity contribution is -0.118. The van der Waals surface area contributed by atoms with Crippen molar-refractivity contribution in [1.82, 2.24) is 0 Å². The van der Waals surface area contributed by atoms with Crippen LogP contribution < -0.4 is 0 Å². The molecule has 0 spiro atoms. The van der Waals surface area contributed by atoms with E-state index in [4.69, 9.17) is 0 Å². The van der Waals surface area contributed by atoms with Crippen LogP contribution in [-0.4, -0.2) is 5.78 Å². The highest BCUT2D eigenvalue weighted by Gasteiger charge is 2.03. The third-order valence-electron chi connectivity index (χ3n) is 2.82. The lowest BCUT2D eigenvalue weighted by Gasteiger charge is -2.05. The van der Waals surface area contributed by atoms with Crippen LogP contribution in [0.25, 0.3) is 6.08 Å². The average Bonchev–Trinajstić information content (AvgIpc) is 2.30. The van der Waals surface area contributed by atoms with Gasteiger partial charge in [-0.25, -0.2) is 0 Å². The summed E-state index contributed by atoms with van der Waals surface area (Å²) in [6, 6.07) is 8.27. The quantitative estimate of drug-likeness (QED) is 0.722. The van der Waals surface area contributed by atoms with Crippen molar-refractivity contribution >= 4 is 11.9 Å². The molecule has 0 aliphatic carbocycles. The lowest BCUT2D eigenvalue weighted by atomic mass is 10.00. The summed E-state index contributed by atoms with van der Waals surface area (Å²) in [5.41, 5.74) is 3.71. The first-order chi connectivity index (χ1) is 7.67. The predicted molar refractivity (Wildman–Crippen MR) is 69.4 cm³/mol. The van der Waals surface area contributed by atoms with Crippen LogP contribution in [0.1, 0.15) is 44.2 Å². The second-order valence-corrected chi connectivity index (χ2v) is 4.08. The zero-order valence-electron chi connectivity index (χ0n) is 10.4. The summed E-state index contributed by atoms with van der Waals surface area (Å²) in [7, 11) is 0. The van der Waals surface area contributed by atoms with Gasteiger partial charge < -0.3 is 0 Å². The molecule has 1 rings (SSSR count). The van der Waals surface area contributed by atoms with E-state index in [1.165, 1.54) is 16.7 Å². The van der Waals surface area contributed by atoms with Gasteiger partial charge in [0.2, 0.25) is 0 Å². The SMILES string of the molecule is CCC(=O)C/C(=C/c1ccccc1C)CC. The minimum Gasteiger partial charge on any atom is -0.299 e. The number of allylic oxidation sites excluding steroid dienone is 1. The van der Waals surface area contributed by atoms with E-state index in [0.29, 0.717) is 18.6 Å². The summed E-state index contributed by atoms with van der Waals surface area (Å²) in [5.74, 6) is 0.321. The van der Waals surface area contributed by atoms with Crippen molar-refractivity contribution < 1.29 is 4.79 Å². The zero-order valence-corrected chi connectivity index (χ0v) is 10.4. The van der Waals surface area contributed by atoms with Gasteiger partial charge in [0.15, 0.2) is 0 Å². The highest BCUT2D eigenvalue weighted by atomic mass is 16.1. The van der Waals surface area contributed by atoms with Crippen molar-refractivity contribution in [3.8, 4) is 0 Å². The van der Waals surface area contributed by atoms with E-state index in [1.54, 1.807) is 0 Å². The van der Waals surface area contributed by atoms with Crippen molar-refractivity contribution in [2.45, 2.75) is 40.0 Å². The molecular weight excluding hydrogens is 196 g/mol. The molecule has 1 aromatic carbocycles. The standard InChI is InChI=1S/C15H20O/c1-4-13(11-15(16)5-2)10-14-9-7-6-8-12(14)3/h6-10H,4-5,11H2,1-3H3/b13-10+. The van der Waals surface area contributed by atoms with Crippen LogP contribution in [0.2, 0.25) is 0 Å². The zero-order chi connectivity index (χ0) is 12.0. The van der Waals surface area contributed by atoms with Gasteiger partial charge in [-0.05, 0) is 24.5 Å². The van der Waals surface area contributed by atoms with E-state index in [2.05, 4.69) is 32.1 Å². The molecule has 0 fully saturated rings. The number of benzene rings is 1. The van der Waals surface area contributed by atoms with Gasteiger partial charge in [-0.3, -0.25) is 4.79 Å². The Morgan fingerprint density at radius 2 is 1.88 bits per heavy atom. The number of Topliss-reactive ketones (excluding diaryl/α,β-unsaturated/α-hetero) is 1. The molecule has 0 atom stereocenters. The van der Waals surface area contributed by atoms with E-state index >= 15 is 0 Å². The summed E-state index contributed by atoms with van der Waals surface area (Å²) in [6.45, 7) is 6.12. The van der Waals surface area contributed by atoms with Gasteiger partial charge in [0.1, 0.15) is 5.78 Å². The van der Waals surface area contributed by atoms with E-state index < -0.39 is 0 Å². The Kier molecular flexibility index (Phi) is 4.97. The molecule has 0 unspecified atom stereocenters. The number of carbonyl (C=O) groups excluding carboxylic acids is 1. The molecular formula is C15H20O. The molecule has 1 heteroatoms. The van der Waals surface area contributed by atoms with E-state index in [-0.39, 0.29) is 0 Å². The number of carbonyl (C=O) groups is 1. The second kappa shape index (κ2) is 6.26. The molecule has 0 saturated carbocycles.